The van der Waals surface area contributed by atoms with Crippen LogP contribution in [0.25, 0.3) is 21.3 Å². The first-order valence-electron chi connectivity index (χ1n) is 8.31. The lowest BCUT2D eigenvalue weighted by Gasteiger charge is -2.06. The zero-order chi connectivity index (χ0) is 18.1. The topological polar surface area (TPSA) is 25.8 Å². The molecule has 0 fully saturated rings. The zero-order valence-corrected chi connectivity index (χ0v) is 16.9. The minimum atomic E-state index is 0.528. The van der Waals surface area contributed by atoms with Crippen LogP contribution >= 0.6 is 34.7 Å². The van der Waals surface area contributed by atoms with Gasteiger partial charge in [0.25, 0.3) is 0 Å². The molecule has 0 aliphatic rings. The summed E-state index contributed by atoms with van der Waals surface area (Å²) in [5.74, 6) is 0.831. The van der Waals surface area contributed by atoms with Gasteiger partial charge in [-0.05, 0) is 36.1 Å². The Morgan fingerprint density at radius 1 is 1.00 bits per heavy atom. The van der Waals surface area contributed by atoms with Crippen LogP contribution in [0.1, 0.15) is 16.7 Å². The Morgan fingerprint density at radius 2 is 1.81 bits per heavy atom. The van der Waals surface area contributed by atoms with Crippen LogP contribution in [0.3, 0.4) is 0 Å². The van der Waals surface area contributed by atoms with E-state index < -0.39 is 0 Å². The van der Waals surface area contributed by atoms with Crippen molar-refractivity contribution in [2.24, 2.45) is 0 Å². The van der Waals surface area contributed by atoms with E-state index >= 15 is 0 Å². The molecule has 0 amide bonds. The number of thiophene rings is 1. The van der Waals surface area contributed by atoms with Crippen LogP contribution in [0.4, 0.5) is 0 Å². The van der Waals surface area contributed by atoms with E-state index in [4.69, 9.17) is 16.6 Å². The maximum absolute atomic E-state index is 6.55. The van der Waals surface area contributed by atoms with E-state index in [2.05, 4.69) is 54.5 Å². The van der Waals surface area contributed by atoms with Crippen LogP contribution < -0.4 is 0 Å². The van der Waals surface area contributed by atoms with Gasteiger partial charge < -0.3 is 0 Å². The molecule has 26 heavy (non-hydrogen) atoms. The molecule has 0 saturated carbocycles. The Balaban J connectivity index is 1.67. The van der Waals surface area contributed by atoms with Crippen molar-refractivity contribution < 1.29 is 0 Å². The number of hydrogen-bond acceptors (Lipinski definition) is 4. The van der Waals surface area contributed by atoms with E-state index in [1.165, 1.54) is 16.7 Å². The van der Waals surface area contributed by atoms with E-state index in [1.807, 2.05) is 18.2 Å². The van der Waals surface area contributed by atoms with Crippen LogP contribution in [0.5, 0.6) is 0 Å². The van der Waals surface area contributed by atoms with E-state index in [-0.39, 0.29) is 0 Å². The number of rotatable bonds is 4. The summed E-state index contributed by atoms with van der Waals surface area (Å²) in [6.07, 6.45) is 0. The van der Waals surface area contributed by atoms with E-state index in [0.717, 1.165) is 32.3 Å². The summed E-state index contributed by atoms with van der Waals surface area (Å²) < 4.78 is 0. The van der Waals surface area contributed by atoms with Crippen LogP contribution in [0.15, 0.2) is 59.1 Å². The smallest absolute Gasteiger partial charge is 0.190 e. The molecule has 5 heteroatoms. The minimum absolute atomic E-state index is 0.528. The summed E-state index contributed by atoms with van der Waals surface area (Å²) in [5.41, 5.74) is 6.08. The molecule has 0 bridgehead atoms. The number of fused-ring (bicyclic) bond motifs is 1. The third-order valence-corrected chi connectivity index (χ3v) is 6.46. The summed E-state index contributed by atoms with van der Waals surface area (Å²) in [6, 6.07) is 16.8. The predicted octanol–water partition coefficient (Wildman–Crippen LogP) is 6.92. The van der Waals surface area contributed by atoms with Crippen molar-refractivity contribution in [2.45, 2.75) is 24.8 Å². The highest BCUT2D eigenvalue weighted by Crippen LogP contribution is 2.38. The van der Waals surface area contributed by atoms with Gasteiger partial charge >= 0.3 is 0 Å². The monoisotopic (exact) mass is 396 g/mol. The second-order valence-corrected chi connectivity index (χ2v) is 8.36. The highest BCUT2D eigenvalue weighted by Gasteiger charge is 2.15. The maximum atomic E-state index is 6.55. The number of aromatic nitrogens is 2. The van der Waals surface area contributed by atoms with Crippen molar-refractivity contribution in [3.63, 3.8) is 0 Å². The molecule has 0 unspecified atom stereocenters. The fourth-order valence-electron chi connectivity index (χ4n) is 2.79. The lowest BCUT2D eigenvalue weighted by atomic mass is 10.0. The number of aryl methyl sites for hydroxylation is 2. The summed E-state index contributed by atoms with van der Waals surface area (Å²) >= 11 is 9.79. The Morgan fingerprint density at radius 3 is 2.58 bits per heavy atom. The van der Waals surface area contributed by atoms with Gasteiger partial charge in [0.15, 0.2) is 5.16 Å². The fraction of sp³-hybridized carbons (Fsp3) is 0.143. The first-order valence-corrected chi connectivity index (χ1v) is 10.6. The third-order valence-electron chi connectivity index (χ3n) is 4.40. The molecule has 2 aromatic carbocycles. The molecule has 0 saturated heterocycles. The first-order chi connectivity index (χ1) is 12.6. The van der Waals surface area contributed by atoms with Crippen molar-refractivity contribution >= 4 is 44.9 Å². The predicted molar refractivity (Wildman–Crippen MR) is 113 cm³/mol. The van der Waals surface area contributed by atoms with Gasteiger partial charge in [-0.25, -0.2) is 9.97 Å². The number of benzene rings is 2. The maximum Gasteiger partial charge on any atom is 0.190 e. The molecule has 0 spiro atoms. The van der Waals surface area contributed by atoms with E-state index in [0.29, 0.717) is 5.15 Å². The highest BCUT2D eigenvalue weighted by molar-refractivity contribution is 7.98. The molecule has 0 N–H and O–H groups in total. The van der Waals surface area contributed by atoms with E-state index in [9.17, 15) is 0 Å². The number of thioether (sulfide) groups is 1. The molecule has 0 radical (unpaired) electrons. The number of nitrogens with zero attached hydrogens (tertiary/aromatic N) is 2. The SMILES string of the molecule is Cc1ccc(-c2csc3nc(SCc4ccccc4)nc(Cl)c23)cc1C. The zero-order valence-electron chi connectivity index (χ0n) is 14.5. The fourth-order valence-corrected chi connectivity index (χ4v) is 4.97. The molecule has 0 atom stereocenters. The first kappa shape index (κ1) is 17.5. The largest absolute Gasteiger partial charge is 0.211 e. The molecule has 0 aliphatic heterocycles. The van der Waals surface area contributed by atoms with Gasteiger partial charge in [0.2, 0.25) is 0 Å². The molecule has 4 aromatic rings. The summed E-state index contributed by atoms with van der Waals surface area (Å²) in [6.45, 7) is 4.25. The molecule has 2 nitrogen and oxygen atoms in total. The van der Waals surface area contributed by atoms with Crippen molar-refractivity contribution in [1.82, 2.24) is 9.97 Å². The van der Waals surface area contributed by atoms with Crippen molar-refractivity contribution in [3.05, 3.63) is 75.8 Å². The molecule has 130 valence electrons. The Kier molecular flexibility index (Phi) is 4.98. The molecule has 0 aliphatic carbocycles. The second-order valence-electron chi connectivity index (χ2n) is 6.20. The van der Waals surface area contributed by atoms with E-state index in [1.54, 1.807) is 23.1 Å². The summed E-state index contributed by atoms with van der Waals surface area (Å²) in [4.78, 5) is 10.2. The highest BCUT2D eigenvalue weighted by atomic mass is 35.5. The van der Waals surface area contributed by atoms with Crippen LogP contribution in [0, 0.1) is 13.8 Å². The van der Waals surface area contributed by atoms with Crippen LogP contribution in [-0.2, 0) is 5.75 Å². The van der Waals surface area contributed by atoms with Gasteiger partial charge in [-0.2, -0.15) is 0 Å². The number of halogens is 1. The lowest BCUT2D eigenvalue weighted by molar-refractivity contribution is 1.01. The van der Waals surface area contributed by atoms with Crippen LogP contribution in [0.2, 0.25) is 5.15 Å². The standard InChI is InChI=1S/C21H17ClN2S2/c1-13-8-9-16(10-14(13)2)17-12-25-20-18(17)19(22)23-21(24-20)26-11-15-6-4-3-5-7-15/h3-10,12H,11H2,1-2H3. The molecule has 4 rings (SSSR count). The second kappa shape index (κ2) is 7.39. The van der Waals surface area contributed by atoms with Crippen LogP contribution in [-0.4, -0.2) is 9.97 Å². The van der Waals surface area contributed by atoms with Crippen molar-refractivity contribution in [2.75, 3.05) is 0 Å². The van der Waals surface area contributed by atoms with Crippen molar-refractivity contribution in [1.29, 1.82) is 0 Å². The minimum Gasteiger partial charge on any atom is -0.211 e. The average molecular weight is 397 g/mol. The third kappa shape index (κ3) is 3.50. The molecule has 2 heterocycles. The van der Waals surface area contributed by atoms with Gasteiger partial charge in [-0.3, -0.25) is 0 Å². The summed E-state index contributed by atoms with van der Waals surface area (Å²) in [5, 5.41) is 4.32. The molecular formula is C21H17ClN2S2. The molecule has 2 aromatic heterocycles. The van der Waals surface area contributed by atoms with Gasteiger partial charge in [0.1, 0.15) is 9.98 Å². The summed E-state index contributed by atoms with van der Waals surface area (Å²) in [7, 11) is 0. The Hall–Kier alpha value is -1.88. The quantitative estimate of drug-likeness (QED) is 0.212. The van der Waals surface area contributed by atoms with Gasteiger partial charge in [0.05, 0.1) is 5.39 Å². The average Bonchev–Trinajstić information content (AvgIpc) is 3.08. The molecular weight excluding hydrogens is 380 g/mol. The lowest BCUT2D eigenvalue weighted by Crippen LogP contribution is -1.90. The normalized spacial score (nSPS) is 11.2. The van der Waals surface area contributed by atoms with Gasteiger partial charge in [-0.1, -0.05) is 71.9 Å². The Bertz CT molecular complexity index is 1070. The van der Waals surface area contributed by atoms with Gasteiger partial charge in [-0.15, -0.1) is 11.3 Å². The Labute approximate surface area is 166 Å². The van der Waals surface area contributed by atoms with Gasteiger partial charge in [0, 0.05) is 16.7 Å². The number of hydrogen-bond donors (Lipinski definition) is 0. The van der Waals surface area contributed by atoms with Crippen molar-refractivity contribution in [3.8, 4) is 11.1 Å².